The molecule has 7 nitrogen and oxygen atoms in total. The number of piperidine rings is 1. The Morgan fingerprint density at radius 3 is 2.54 bits per heavy atom. The molecule has 0 aromatic rings. The van der Waals surface area contributed by atoms with Crippen LogP contribution < -0.4 is 0 Å². The summed E-state index contributed by atoms with van der Waals surface area (Å²) in [4.78, 5) is 40.0. The molecule has 3 aliphatic rings. The molecule has 0 saturated carbocycles. The van der Waals surface area contributed by atoms with Gasteiger partial charge in [0.05, 0.1) is 18.2 Å². The van der Waals surface area contributed by atoms with Crippen LogP contribution in [0.2, 0.25) is 0 Å². The van der Waals surface area contributed by atoms with Crippen LogP contribution in [0.25, 0.3) is 0 Å². The van der Waals surface area contributed by atoms with Gasteiger partial charge in [-0.3, -0.25) is 19.3 Å². The van der Waals surface area contributed by atoms with Crippen molar-refractivity contribution >= 4 is 17.5 Å². The van der Waals surface area contributed by atoms with Gasteiger partial charge in [0.2, 0.25) is 11.6 Å². The Balaban J connectivity index is 1.57. The van der Waals surface area contributed by atoms with Gasteiger partial charge in [0, 0.05) is 31.3 Å². The number of hydrogen-bond donors (Lipinski definition) is 1. The van der Waals surface area contributed by atoms with Crippen molar-refractivity contribution in [2.24, 2.45) is 5.92 Å². The zero-order valence-electron chi connectivity index (χ0n) is 15.1. The van der Waals surface area contributed by atoms with E-state index in [1.165, 1.54) is 12.2 Å². The molecule has 1 aliphatic carbocycles. The van der Waals surface area contributed by atoms with Crippen LogP contribution >= 0.6 is 0 Å². The second kappa shape index (κ2) is 8.03. The topological polar surface area (TPSA) is 87.2 Å². The van der Waals surface area contributed by atoms with E-state index < -0.39 is 5.97 Å². The van der Waals surface area contributed by atoms with E-state index >= 15 is 0 Å². The molecule has 0 aromatic heterocycles. The molecule has 2 aliphatic heterocycles. The third-order valence-corrected chi connectivity index (χ3v) is 5.39. The standard InChI is InChI=1S/C19H26N2O5/c1-2-9-26-18-11-16(22)15(10-17(18)23)21-8-5-14(12-21)20-6-3-13(4-7-20)19(24)25/h10-11,13-14H,2-9,12H2,1H3,(H,24,25). The van der Waals surface area contributed by atoms with Crippen LogP contribution in [0.5, 0.6) is 0 Å². The maximum Gasteiger partial charge on any atom is 0.306 e. The van der Waals surface area contributed by atoms with E-state index in [9.17, 15) is 14.4 Å². The highest BCUT2D eigenvalue weighted by Crippen LogP contribution is 2.27. The van der Waals surface area contributed by atoms with Crippen LogP contribution in [0, 0.1) is 5.92 Å². The monoisotopic (exact) mass is 362 g/mol. The highest BCUT2D eigenvalue weighted by Gasteiger charge is 2.35. The van der Waals surface area contributed by atoms with E-state index in [4.69, 9.17) is 9.84 Å². The number of carbonyl (C=O) groups excluding carboxylic acids is 2. The Kier molecular flexibility index (Phi) is 5.76. The van der Waals surface area contributed by atoms with Gasteiger partial charge in [0.25, 0.3) is 0 Å². The van der Waals surface area contributed by atoms with Crippen molar-refractivity contribution in [3.8, 4) is 0 Å². The predicted octanol–water partition coefficient (Wildman–Crippen LogP) is 1.20. The largest absolute Gasteiger partial charge is 0.489 e. The molecule has 7 heteroatoms. The lowest BCUT2D eigenvalue weighted by atomic mass is 9.96. The third-order valence-electron chi connectivity index (χ3n) is 5.39. The van der Waals surface area contributed by atoms with Gasteiger partial charge in [-0.05, 0) is 38.8 Å². The zero-order chi connectivity index (χ0) is 18.7. The summed E-state index contributed by atoms with van der Waals surface area (Å²) in [6.07, 6.45) is 5.74. The van der Waals surface area contributed by atoms with Crippen LogP contribution in [-0.4, -0.2) is 71.3 Å². The minimum atomic E-state index is -0.706. The first-order valence-corrected chi connectivity index (χ1v) is 9.36. The van der Waals surface area contributed by atoms with Crippen LogP contribution in [0.1, 0.15) is 32.6 Å². The van der Waals surface area contributed by atoms with Gasteiger partial charge in [-0.25, -0.2) is 0 Å². The van der Waals surface area contributed by atoms with Crippen molar-refractivity contribution in [1.82, 2.24) is 9.80 Å². The SMILES string of the molecule is CCCOC1=CC(=O)C(N2CCC(N3CCC(C(=O)O)CC3)C2)=CC1=O. The number of ether oxygens (including phenoxy) is 1. The molecule has 0 aromatic carbocycles. The summed E-state index contributed by atoms with van der Waals surface area (Å²) in [5.74, 6) is -1.25. The van der Waals surface area contributed by atoms with E-state index in [-0.39, 0.29) is 23.2 Å². The number of carboxylic acid groups (broad SMARTS) is 1. The lowest BCUT2D eigenvalue weighted by Gasteiger charge is -2.34. The van der Waals surface area contributed by atoms with E-state index in [2.05, 4.69) is 4.90 Å². The number of likely N-dealkylation sites (tertiary alicyclic amines) is 2. The molecule has 0 radical (unpaired) electrons. The maximum atomic E-state index is 12.4. The number of allylic oxidation sites excluding steroid dienone is 2. The number of ketones is 2. The van der Waals surface area contributed by atoms with Gasteiger partial charge in [-0.2, -0.15) is 0 Å². The van der Waals surface area contributed by atoms with Crippen molar-refractivity contribution in [3.05, 3.63) is 23.6 Å². The van der Waals surface area contributed by atoms with Gasteiger partial charge in [-0.15, -0.1) is 0 Å². The minimum Gasteiger partial charge on any atom is -0.489 e. The smallest absolute Gasteiger partial charge is 0.306 e. The number of carboxylic acids is 1. The second-order valence-corrected chi connectivity index (χ2v) is 7.15. The first kappa shape index (κ1) is 18.6. The molecule has 1 atom stereocenters. The predicted molar refractivity (Wildman–Crippen MR) is 94.3 cm³/mol. The molecular weight excluding hydrogens is 336 g/mol. The summed E-state index contributed by atoms with van der Waals surface area (Å²) in [6.45, 7) is 5.34. The number of hydrogen-bond acceptors (Lipinski definition) is 6. The maximum absolute atomic E-state index is 12.4. The summed E-state index contributed by atoms with van der Waals surface area (Å²) >= 11 is 0. The van der Waals surface area contributed by atoms with Crippen molar-refractivity contribution in [3.63, 3.8) is 0 Å². The fourth-order valence-electron chi connectivity index (χ4n) is 3.87. The molecule has 142 valence electrons. The first-order chi connectivity index (χ1) is 12.5. The van der Waals surface area contributed by atoms with E-state index in [0.717, 1.165) is 32.5 Å². The summed E-state index contributed by atoms with van der Waals surface area (Å²) in [5.41, 5.74) is 0.446. The molecule has 3 rings (SSSR count). The Morgan fingerprint density at radius 2 is 1.88 bits per heavy atom. The van der Waals surface area contributed by atoms with Crippen LogP contribution in [0.3, 0.4) is 0 Å². The molecule has 2 fully saturated rings. The highest BCUT2D eigenvalue weighted by atomic mass is 16.5. The Morgan fingerprint density at radius 1 is 1.15 bits per heavy atom. The lowest BCUT2D eigenvalue weighted by molar-refractivity contribution is -0.143. The van der Waals surface area contributed by atoms with E-state index in [1.54, 1.807) is 0 Å². The van der Waals surface area contributed by atoms with Crippen LogP contribution in [0.15, 0.2) is 23.6 Å². The van der Waals surface area contributed by atoms with Gasteiger partial charge >= 0.3 is 5.97 Å². The zero-order valence-corrected chi connectivity index (χ0v) is 15.1. The summed E-state index contributed by atoms with van der Waals surface area (Å²) in [7, 11) is 0. The number of aliphatic carboxylic acids is 1. The summed E-state index contributed by atoms with van der Waals surface area (Å²) < 4.78 is 5.34. The van der Waals surface area contributed by atoms with E-state index in [0.29, 0.717) is 37.7 Å². The molecule has 0 bridgehead atoms. The molecule has 2 saturated heterocycles. The van der Waals surface area contributed by atoms with Crippen LogP contribution in [-0.2, 0) is 19.1 Å². The third kappa shape index (κ3) is 3.98. The molecule has 0 spiro atoms. The molecule has 2 heterocycles. The molecule has 26 heavy (non-hydrogen) atoms. The van der Waals surface area contributed by atoms with Gasteiger partial charge in [0.15, 0.2) is 5.76 Å². The quantitative estimate of drug-likeness (QED) is 0.711. The Bertz CT molecular complexity index is 646. The fraction of sp³-hybridized carbons (Fsp3) is 0.632. The molecule has 1 unspecified atom stereocenters. The minimum absolute atomic E-state index is 0.132. The van der Waals surface area contributed by atoms with Gasteiger partial charge in [-0.1, -0.05) is 6.92 Å². The van der Waals surface area contributed by atoms with Crippen molar-refractivity contribution in [2.45, 2.75) is 38.6 Å². The average Bonchev–Trinajstić information content (AvgIpc) is 3.12. The Labute approximate surface area is 153 Å². The molecular formula is C19H26N2O5. The van der Waals surface area contributed by atoms with Crippen molar-refractivity contribution in [1.29, 1.82) is 0 Å². The number of carbonyl (C=O) groups is 3. The molecule has 1 N–H and O–H groups in total. The van der Waals surface area contributed by atoms with Gasteiger partial charge < -0.3 is 14.7 Å². The first-order valence-electron chi connectivity index (χ1n) is 9.36. The molecule has 0 amide bonds. The summed E-state index contributed by atoms with van der Waals surface area (Å²) in [5, 5.41) is 9.11. The van der Waals surface area contributed by atoms with Crippen molar-refractivity contribution in [2.75, 3.05) is 32.8 Å². The average molecular weight is 362 g/mol. The normalized spacial score (nSPS) is 25.3. The van der Waals surface area contributed by atoms with Crippen molar-refractivity contribution < 1.29 is 24.2 Å². The Hall–Kier alpha value is -2.15. The number of nitrogens with zero attached hydrogens (tertiary/aromatic N) is 2. The summed E-state index contributed by atoms with van der Waals surface area (Å²) in [6, 6.07) is 0.301. The fourth-order valence-corrected chi connectivity index (χ4v) is 3.87. The second-order valence-electron chi connectivity index (χ2n) is 7.15. The van der Waals surface area contributed by atoms with Gasteiger partial charge in [0.1, 0.15) is 0 Å². The lowest BCUT2D eigenvalue weighted by Crippen LogP contribution is -2.44. The van der Waals surface area contributed by atoms with E-state index in [1.807, 2.05) is 11.8 Å². The van der Waals surface area contributed by atoms with Crippen LogP contribution in [0.4, 0.5) is 0 Å². The highest BCUT2D eigenvalue weighted by molar-refractivity contribution is 6.18. The number of rotatable bonds is 6.